The van der Waals surface area contributed by atoms with Crippen molar-refractivity contribution in [3.63, 3.8) is 0 Å². The van der Waals surface area contributed by atoms with Crippen LogP contribution in [0.1, 0.15) is 43.9 Å². The first-order valence-corrected chi connectivity index (χ1v) is 11.6. The summed E-state index contributed by atoms with van der Waals surface area (Å²) in [5.74, 6) is -1.55. The quantitative estimate of drug-likeness (QED) is 0.287. The Labute approximate surface area is 207 Å². The molecule has 2 aromatic heterocycles. The van der Waals surface area contributed by atoms with Gasteiger partial charge >= 0.3 is 5.97 Å². The molecule has 2 aromatic carbocycles. The van der Waals surface area contributed by atoms with Crippen LogP contribution in [0.4, 0.5) is 4.39 Å². The topological polar surface area (TPSA) is 117 Å². The normalized spacial score (nSPS) is 13.5. The number of carboxylic acid groups (broad SMARTS) is 1. The lowest BCUT2D eigenvalue weighted by atomic mass is 9.90. The number of aromatic nitrogens is 2. The highest BCUT2D eigenvalue weighted by molar-refractivity contribution is 6.04. The van der Waals surface area contributed by atoms with Gasteiger partial charge in [-0.2, -0.15) is 0 Å². The van der Waals surface area contributed by atoms with Crippen LogP contribution in [0.2, 0.25) is 0 Å². The molecule has 0 aliphatic heterocycles. The van der Waals surface area contributed by atoms with Crippen molar-refractivity contribution in [1.29, 1.82) is 0 Å². The maximum atomic E-state index is 13.8. The monoisotopic (exact) mass is 490 g/mol. The van der Waals surface area contributed by atoms with Crippen molar-refractivity contribution in [2.75, 3.05) is 0 Å². The van der Waals surface area contributed by atoms with Crippen LogP contribution in [-0.2, 0) is 4.79 Å². The van der Waals surface area contributed by atoms with Crippen molar-refractivity contribution in [3.05, 3.63) is 77.7 Å². The smallest absolute Gasteiger partial charge is 0.305 e. The molecule has 0 radical (unpaired) electrons. The Morgan fingerprint density at radius 3 is 2.39 bits per heavy atom. The first-order chi connectivity index (χ1) is 17.2. The summed E-state index contributed by atoms with van der Waals surface area (Å²) < 4.78 is 19.5. The fraction of sp³-hybridized carbons (Fsp3) is 0.250. The SMILES string of the molecule is CC(C)c1nc2onc(-c3ccccc3)c2c(-c2ccc(F)cc2)c1/C=C/C(O)CC(O)CC(=O)O. The molecule has 2 heterocycles. The molecule has 0 saturated carbocycles. The molecule has 0 saturated heterocycles. The van der Waals surface area contributed by atoms with Gasteiger partial charge in [-0.25, -0.2) is 9.37 Å². The number of nitrogens with zero attached hydrogens (tertiary/aromatic N) is 2. The molecule has 2 unspecified atom stereocenters. The van der Waals surface area contributed by atoms with Gasteiger partial charge in [-0.1, -0.05) is 73.6 Å². The van der Waals surface area contributed by atoms with Crippen LogP contribution in [0, 0.1) is 5.82 Å². The number of carbonyl (C=O) groups is 1. The van der Waals surface area contributed by atoms with E-state index in [1.54, 1.807) is 18.2 Å². The average Bonchev–Trinajstić information content (AvgIpc) is 3.26. The molecule has 36 heavy (non-hydrogen) atoms. The van der Waals surface area contributed by atoms with Gasteiger partial charge in [0.15, 0.2) is 0 Å². The zero-order valence-electron chi connectivity index (χ0n) is 19.9. The van der Waals surface area contributed by atoms with Crippen molar-refractivity contribution < 1.29 is 29.0 Å². The molecular weight excluding hydrogens is 463 g/mol. The molecule has 7 nitrogen and oxygen atoms in total. The number of hydrogen-bond acceptors (Lipinski definition) is 6. The molecule has 3 N–H and O–H groups in total. The van der Waals surface area contributed by atoms with Crippen molar-refractivity contribution >= 4 is 23.1 Å². The molecule has 8 heteroatoms. The highest BCUT2D eigenvalue weighted by atomic mass is 19.1. The minimum atomic E-state index is -1.19. The molecular formula is C28H27FN2O5. The van der Waals surface area contributed by atoms with Crippen LogP contribution in [0.5, 0.6) is 0 Å². The third kappa shape index (κ3) is 5.50. The maximum Gasteiger partial charge on any atom is 0.305 e. The van der Waals surface area contributed by atoms with Crippen LogP contribution in [0.15, 0.2) is 65.2 Å². The summed E-state index contributed by atoms with van der Waals surface area (Å²) >= 11 is 0. The summed E-state index contributed by atoms with van der Waals surface area (Å²) in [6.07, 6.45) is 0.337. The number of pyridine rings is 1. The molecule has 0 amide bonds. The lowest BCUT2D eigenvalue weighted by Gasteiger charge is -2.16. The molecule has 0 bridgehead atoms. The molecule has 2 atom stereocenters. The molecule has 4 rings (SSSR count). The minimum absolute atomic E-state index is 0.0340. The van der Waals surface area contributed by atoms with Gasteiger partial charge in [0.25, 0.3) is 5.71 Å². The summed E-state index contributed by atoms with van der Waals surface area (Å²) in [6, 6.07) is 15.6. The van der Waals surface area contributed by atoms with Crippen LogP contribution < -0.4 is 0 Å². The van der Waals surface area contributed by atoms with Crippen molar-refractivity contribution in [1.82, 2.24) is 10.1 Å². The Morgan fingerprint density at radius 2 is 1.75 bits per heavy atom. The van der Waals surface area contributed by atoms with Gasteiger partial charge in [-0.05, 0) is 23.6 Å². The van der Waals surface area contributed by atoms with Gasteiger partial charge in [0.1, 0.15) is 11.5 Å². The number of hydrogen-bond donors (Lipinski definition) is 3. The first kappa shape index (κ1) is 25.2. The van der Waals surface area contributed by atoms with E-state index in [1.165, 1.54) is 18.2 Å². The van der Waals surface area contributed by atoms with E-state index in [0.29, 0.717) is 33.6 Å². The van der Waals surface area contributed by atoms with Crippen LogP contribution in [0.25, 0.3) is 39.6 Å². The fourth-order valence-electron chi connectivity index (χ4n) is 4.18. The Morgan fingerprint density at radius 1 is 1.06 bits per heavy atom. The van der Waals surface area contributed by atoms with Crippen molar-refractivity contribution in [2.24, 2.45) is 0 Å². The summed E-state index contributed by atoms with van der Waals surface area (Å²) in [7, 11) is 0. The Kier molecular flexibility index (Phi) is 7.57. The van der Waals surface area contributed by atoms with Crippen molar-refractivity contribution in [2.45, 2.75) is 44.8 Å². The van der Waals surface area contributed by atoms with Gasteiger partial charge in [-0.3, -0.25) is 4.79 Å². The Bertz CT molecular complexity index is 1380. The number of aliphatic hydroxyl groups is 2. The van der Waals surface area contributed by atoms with Crippen LogP contribution in [0.3, 0.4) is 0 Å². The number of rotatable bonds is 9. The maximum absolute atomic E-state index is 13.8. The number of halogens is 1. The molecule has 0 spiro atoms. The van der Waals surface area contributed by atoms with E-state index in [0.717, 1.165) is 11.1 Å². The molecule has 0 aliphatic rings. The first-order valence-electron chi connectivity index (χ1n) is 11.6. The zero-order valence-corrected chi connectivity index (χ0v) is 19.9. The highest BCUT2D eigenvalue weighted by Crippen LogP contribution is 2.41. The zero-order chi connectivity index (χ0) is 25.8. The molecule has 0 aliphatic carbocycles. The molecule has 186 valence electrons. The van der Waals surface area contributed by atoms with Gasteiger partial charge in [0, 0.05) is 23.1 Å². The second-order valence-electron chi connectivity index (χ2n) is 8.94. The average molecular weight is 491 g/mol. The van der Waals surface area contributed by atoms with Crippen LogP contribution in [-0.4, -0.2) is 43.6 Å². The predicted octanol–water partition coefficient (Wildman–Crippen LogP) is 5.42. The van der Waals surface area contributed by atoms with E-state index in [1.807, 2.05) is 44.2 Å². The molecule has 4 aromatic rings. The number of carboxylic acids is 1. The summed E-state index contributed by atoms with van der Waals surface area (Å²) in [5.41, 5.74) is 4.56. The standard InChI is InChI=1S/C28H27FN2O5/c1-16(2)26-22(13-12-20(32)14-21(33)15-23(34)35)24(17-8-10-19(29)11-9-17)25-27(31-36-28(25)30-26)18-6-4-3-5-7-18/h3-13,16,20-21,32-33H,14-15H2,1-2H3,(H,34,35)/b13-12+. The summed E-state index contributed by atoms with van der Waals surface area (Å²) in [5, 5.41) is 34.2. The van der Waals surface area contributed by atoms with E-state index in [4.69, 9.17) is 14.6 Å². The minimum Gasteiger partial charge on any atom is -0.481 e. The number of aliphatic carboxylic acids is 1. The number of fused-ring (bicyclic) bond motifs is 1. The predicted molar refractivity (Wildman–Crippen MR) is 135 cm³/mol. The van der Waals surface area contributed by atoms with Gasteiger partial charge < -0.3 is 19.8 Å². The van der Waals surface area contributed by atoms with Gasteiger partial charge in [-0.15, -0.1) is 0 Å². The lowest BCUT2D eigenvalue weighted by molar-refractivity contribution is -0.139. The Hall–Kier alpha value is -3.88. The third-order valence-corrected chi connectivity index (χ3v) is 5.83. The number of aliphatic hydroxyl groups excluding tert-OH is 2. The van der Waals surface area contributed by atoms with E-state index in [-0.39, 0.29) is 18.2 Å². The van der Waals surface area contributed by atoms with E-state index >= 15 is 0 Å². The Balaban J connectivity index is 1.92. The second-order valence-corrected chi connectivity index (χ2v) is 8.94. The van der Waals surface area contributed by atoms with E-state index < -0.39 is 24.6 Å². The van der Waals surface area contributed by atoms with Crippen molar-refractivity contribution in [3.8, 4) is 22.4 Å². The van der Waals surface area contributed by atoms with E-state index in [9.17, 15) is 19.4 Å². The summed E-state index contributed by atoms with van der Waals surface area (Å²) in [4.78, 5) is 15.6. The van der Waals surface area contributed by atoms with Crippen LogP contribution >= 0.6 is 0 Å². The van der Waals surface area contributed by atoms with Gasteiger partial charge in [0.2, 0.25) is 0 Å². The lowest BCUT2D eigenvalue weighted by Crippen LogP contribution is -2.19. The second kappa shape index (κ2) is 10.8. The van der Waals surface area contributed by atoms with E-state index in [2.05, 4.69) is 5.16 Å². The largest absolute Gasteiger partial charge is 0.481 e. The summed E-state index contributed by atoms with van der Waals surface area (Å²) in [6.45, 7) is 3.95. The number of benzene rings is 2. The van der Waals surface area contributed by atoms with Gasteiger partial charge in [0.05, 0.1) is 29.7 Å². The molecule has 0 fully saturated rings. The highest BCUT2D eigenvalue weighted by Gasteiger charge is 2.24. The fourth-order valence-corrected chi connectivity index (χ4v) is 4.18. The third-order valence-electron chi connectivity index (χ3n) is 5.83.